The molecule has 0 aliphatic heterocycles. The van der Waals surface area contributed by atoms with Crippen LogP contribution in [0.15, 0.2) is 79.1 Å². The van der Waals surface area contributed by atoms with E-state index in [1.54, 1.807) is 18.5 Å². The summed E-state index contributed by atoms with van der Waals surface area (Å²) in [7, 11) is 0. The van der Waals surface area contributed by atoms with Gasteiger partial charge in [-0.2, -0.15) is 13.2 Å². The molecule has 3 aromatic carbocycles. The van der Waals surface area contributed by atoms with E-state index in [1.807, 2.05) is 41.0 Å². The average molecular weight is 494 g/mol. The van der Waals surface area contributed by atoms with Gasteiger partial charge in [-0.3, -0.25) is 4.79 Å². The number of benzene rings is 3. The van der Waals surface area contributed by atoms with Crippen LogP contribution in [0.3, 0.4) is 0 Å². The number of nitrogens with zero attached hydrogens (tertiary/aromatic N) is 5. The molecule has 1 amide bonds. The number of amides is 1. The van der Waals surface area contributed by atoms with Gasteiger partial charge in [0.2, 0.25) is 0 Å². The highest BCUT2D eigenvalue weighted by atomic mass is 19.4. The van der Waals surface area contributed by atoms with Crippen LogP contribution in [0.1, 0.15) is 27.3 Å². The third-order valence-electron chi connectivity index (χ3n) is 5.58. The van der Waals surface area contributed by atoms with Crippen molar-refractivity contribution >= 4 is 16.9 Å². The van der Waals surface area contributed by atoms with Crippen molar-refractivity contribution in [2.45, 2.75) is 19.3 Å². The van der Waals surface area contributed by atoms with Crippen LogP contribution in [0.25, 0.3) is 16.7 Å². The SMILES string of the molecule is O=C(NCc1ccc(Cn2cnc3ccccc32)cc1)c1nnn(-c2ccc(F)cc2)c1C(F)(F)F. The predicted molar refractivity (Wildman–Crippen MR) is 123 cm³/mol. The Morgan fingerprint density at radius 1 is 0.917 bits per heavy atom. The molecule has 36 heavy (non-hydrogen) atoms. The molecule has 0 atom stereocenters. The quantitative estimate of drug-likeness (QED) is 0.346. The first-order chi connectivity index (χ1) is 17.3. The minimum Gasteiger partial charge on any atom is -0.346 e. The summed E-state index contributed by atoms with van der Waals surface area (Å²) in [5.74, 6) is -1.64. The van der Waals surface area contributed by atoms with Crippen molar-refractivity contribution < 1.29 is 22.4 Å². The highest BCUT2D eigenvalue weighted by Gasteiger charge is 2.42. The van der Waals surface area contributed by atoms with Gasteiger partial charge < -0.3 is 9.88 Å². The summed E-state index contributed by atoms with van der Waals surface area (Å²) in [6, 6.07) is 19.3. The molecule has 2 aromatic heterocycles. The number of aromatic nitrogens is 5. The molecular weight excluding hydrogens is 476 g/mol. The zero-order valence-corrected chi connectivity index (χ0v) is 18.6. The second-order valence-corrected chi connectivity index (χ2v) is 8.03. The molecule has 1 N–H and O–H groups in total. The fourth-order valence-electron chi connectivity index (χ4n) is 3.81. The van der Waals surface area contributed by atoms with Crippen LogP contribution in [0.4, 0.5) is 17.6 Å². The Morgan fingerprint density at radius 2 is 1.61 bits per heavy atom. The Balaban J connectivity index is 1.29. The van der Waals surface area contributed by atoms with Gasteiger partial charge in [0.05, 0.1) is 23.0 Å². The summed E-state index contributed by atoms with van der Waals surface area (Å²) in [5.41, 5.74) is 1.31. The van der Waals surface area contributed by atoms with E-state index in [1.165, 1.54) is 0 Å². The predicted octanol–water partition coefficient (Wildman–Crippen LogP) is 4.75. The summed E-state index contributed by atoms with van der Waals surface area (Å²) in [5, 5.41) is 9.40. The molecule has 0 spiro atoms. The Hall–Kier alpha value is -4.54. The minimum absolute atomic E-state index is 0.00613. The summed E-state index contributed by atoms with van der Waals surface area (Å²) >= 11 is 0. The topological polar surface area (TPSA) is 77.6 Å². The lowest BCUT2D eigenvalue weighted by molar-refractivity contribution is -0.143. The molecule has 0 aliphatic carbocycles. The van der Waals surface area contributed by atoms with Crippen molar-refractivity contribution in [1.29, 1.82) is 0 Å². The number of carbonyl (C=O) groups excluding carboxylic acids is 1. The zero-order chi connectivity index (χ0) is 25.3. The molecule has 0 unspecified atom stereocenters. The maximum atomic E-state index is 13.8. The van der Waals surface area contributed by atoms with Crippen molar-refractivity contribution in [3.05, 3.63) is 107 Å². The largest absolute Gasteiger partial charge is 0.435 e. The second kappa shape index (κ2) is 9.25. The summed E-state index contributed by atoms with van der Waals surface area (Å²) < 4.78 is 57.0. The van der Waals surface area contributed by atoms with Gasteiger partial charge in [0.15, 0.2) is 11.4 Å². The van der Waals surface area contributed by atoms with Gasteiger partial charge in [0.25, 0.3) is 5.91 Å². The van der Waals surface area contributed by atoms with E-state index in [4.69, 9.17) is 0 Å². The number of hydrogen-bond acceptors (Lipinski definition) is 4. The van der Waals surface area contributed by atoms with Gasteiger partial charge in [-0.25, -0.2) is 14.1 Å². The number of hydrogen-bond donors (Lipinski definition) is 1. The first kappa shape index (κ1) is 23.2. The summed E-state index contributed by atoms with van der Waals surface area (Å²) in [6.07, 6.45) is -3.15. The average Bonchev–Trinajstić information content (AvgIpc) is 3.49. The third kappa shape index (κ3) is 4.67. The summed E-state index contributed by atoms with van der Waals surface area (Å²) in [4.78, 5) is 17.0. The molecule has 0 bridgehead atoms. The summed E-state index contributed by atoms with van der Waals surface area (Å²) in [6.45, 7) is 0.586. The van der Waals surface area contributed by atoms with E-state index < -0.39 is 29.3 Å². The molecule has 0 fully saturated rings. The fraction of sp³-hybridized carbons (Fsp3) is 0.120. The standard InChI is InChI=1S/C25H18F4N6O/c26-18-9-11-19(12-10-18)35-23(25(27,28)29)22(32-33-35)24(36)30-13-16-5-7-17(8-6-16)14-34-15-31-20-3-1-2-4-21(20)34/h1-12,15H,13-14H2,(H,30,36). The monoisotopic (exact) mass is 494 g/mol. The van der Waals surface area contributed by atoms with Crippen LogP contribution in [0, 0.1) is 5.82 Å². The maximum Gasteiger partial charge on any atom is 0.435 e. The molecule has 11 heteroatoms. The van der Waals surface area contributed by atoms with E-state index >= 15 is 0 Å². The van der Waals surface area contributed by atoms with Crippen LogP contribution < -0.4 is 5.32 Å². The first-order valence-corrected chi connectivity index (χ1v) is 10.8. The Morgan fingerprint density at radius 3 is 2.33 bits per heavy atom. The van der Waals surface area contributed by atoms with Crippen LogP contribution in [0.2, 0.25) is 0 Å². The van der Waals surface area contributed by atoms with Crippen molar-refractivity contribution in [3.8, 4) is 5.69 Å². The van der Waals surface area contributed by atoms with Crippen molar-refractivity contribution in [1.82, 2.24) is 29.9 Å². The van der Waals surface area contributed by atoms with Gasteiger partial charge in [-0.15, -0.1) is 5.10 Å². The molecule has 5 rings (SSSR count). The van der Waals surface area contributed by atoms with Crippen LogP contribution in [-0.4, -0.2) is 30.5 Å². The molecule has 5 aromatic rings. The van der Waals surface area contributed by atoms with Gasteiger partial charge in [-0.1, -0.05) is 41.6 Å². The molecule has 0 saturated heterocycles. The van der Waals surface area contributed by atoms with E-state index in [9.17, 15) is 22.4 Å². The molecule has 0 radical (unpaired) electrons. The first-order valence-electron chi connectivity index (χ1n) is 10.8. The highest BCUT2D eigenvalue weighted by molar-refractivity contribution is 5.93. The van der Waals surface area contributed by atoms with E-state index in [-0.39, 0.29) is 12.2 Å². The smallest absolute Gasteiger partial charge is 0.346 e. The van der Waals surface area contributed by atoms with Gasteiger partial charge >= 0.3 is 6.18 Å². The zero-order valence-electron chi connectivity index (χ0n) is 18.6. The Labute approximate surface area is 202 Å². The molecule has 0 aliphatic rings. The Kier molecular flexibility index (Phi) is 5.96. The minimum atomic E-state index is -4.91. The number of alkyl halides is 3. The van der Waals surface area contributed by atoms with Crippen molar-refractivity contribution in [3.63, 3.8) is 0 Å². The number of halogens is 4. The van der Waals surface area contributed by atoms with Crippen LogP contribution in [-0.2, 0) is 19.3 Å². The van der Waals surface area contributed by atoms with Crippen LogP contribution in [0.5, 0.6) is 0 Å². The third-order valence-corrected chi connectivity index (χ3v) is 5.58. The van der Waals surface area contributed by atoms with Crippen molar-refractivity contribution in [2.24, 2.45) is 0 Å². The van der Waals surface area contributed by atoms with Gasteiger partial charge in [-0.05, 0) is 47.5 Å². The molecular formula is C25H18F4N6O. The van der Waals surface area contributed by atoms with Crippen molar-refractivity contribution in [2.75, 3.05) is 0 Å². The number of para-hydroxylation sites is 2. The molecule has 182 valence electrons. The van der Waals surface area contributed by atoms with Crippen LogP contribution >= 0.6 is 0 Å². The lowest BCUT2D eigenvalue weighted by atomic mass is 10.1. The molecule has 7 nitrogen and oxygen atoms in total. The Bertz CT molecular complexity index is 1520. The highest BCUT2D eigenvalue weighted by Crippen LogP contribution is 2.32. The number of nitrogens with one attached hydrogen (secondary N) is 1. The fourth-order valence-corrected chi connectivity index (χ4v) is 3.81. The number of carbonyl (C=O) groups is 1. The second-order valence-electron chi connectivity index (χ2n) is 8.03. The molecule has 2 heterocycles. The maximum absolute atomic E-state index is 13.8. The van der Waals surface area contributed by atoms with Gasteiger partial charge in [0.1, 0.15) is 5.82 Å². The lowest BCUT2D eigenvalue weighted by Crippen LogP contribution is -2.27. The van der Waals surface area contributed by atoms with E-state index in [0.717, 1.165) is 40.9 Å². The normalized spacial score (nSPS) is 11.7. The van der Waals surface area contributed by atoms with Gasteiger partial charge in [0, 0.05) is 13.1 Å². The number of fused-ring (bicyclic) bond motifs is 1. The lowest BCUT2D eigenvalue weighted by Gasteiger charge is -2.11. The van der Waals surface area contributed by atoms with E-state index in [0.29, 0.717) is 16.8 Å². The number of imidazole rings is 1. The molecule has 0 saturated carbocycles. The van der Waals surface area contributed by atoms with E-state index in [2.05, 4.69) is 20.6 Å². The number of rotatable bonds is 6.